The van der Waals surface area contributed by atoms with Crippen LogP contribution in [-0.2, 0) is 25.0 Å². The Morgan fingerprint density at radius 3 is 2.12 bits per heavy atom. The van der Waals surface area contributed by atoms with Gasteiger partial charge in [-0.2, -0.15) is 0 Å². The molecule has 1 unspecified atom stereocenters. The number of carbonyl (C=O) groups excluding carboxylic acids is 2. The van der Waals surface area contributed by atoms with Crippen LogP contribution in [0.25, 0.3) is 0 Å². The number of imide groups is 1. The van der Waals surface area contributed by atoms with E-state index in [1.54, 1.807) is 6.92 Å². The molecule has 0 spiro atoms. The third kappa shape index (κ3) is 2.61. The average Bonchev–Trinajstić information content (AvgIpc) is 2.78. The van der Waals surface area contributed by atoms with Gasteiger partial charge in [-0.3, -0.25) is 9.59 Å². The lowest BCUT2D eigenvalue weighted by molar-refractivity contribution is -0.122. The first-order valence-corrected chi connectivity index (χ1v) is 8.84. The Hall–Kier alpha value is -2.51. The molecule has 2 amide bonds. The Morgan fingerprint density at radius 2 is 1.58 bits per heavy atom. The van der Waals surface area contributed by atoms with Gasteiger partial charge in [0.2, 0.25) is 21.8 Å². The fourth-order valence-corrected chi connectivity index (χ4v) is 3.41. The standard InChI is InChI=1S/C17H16N2O4S/c1-17(12-5-3-2-4-6-12)11-15(20)19(16(17)21)13-7-9-14(10-8-13)24(18,22)23/h2-10H,11H2,1H3,(H2,18,22,23). The Balaban J connectivity index is 1.98. The monoisotopic (exact) mass is 344 g/mol. The highest BCUT2D eigenvalue weighted by Crippen LogP contribution is 2.38. The van der Waals surface area contributed by atoms with Crippen LogP contribution in [-0.4, -0.2) is 20.2 Å². The summed E-state index contributed by atoms with van der Waals surface area (Å²) in [6.07, 6.45) is 0.0623. The number of hydrogen-bond donors (Lipinski definition) is 1. The topological polar surface area (TPSA) is 97.5 Å². The molecule has 1 saturated heterocycles. The van der Waals surface area contributed by atoms with Crippen molar-refractivity contribution in [2.24, 2.45) is 5.14 Å². The Bertz CT molecular complexity index is 907. The average molecular weight is 344 g/mol. The van der Waals surface area contributed by atoms with Crippen LogP contribution in [0.1, 0.15) is 18.9 Å². The molecule has 0 aromatic heterocycles. The molecule has 0 radical (unpaired) electrons. The highest BCUT2D eigenvalue weighted by atomic mass is 32.2. The molecule has 3 rings (SSSR count). The lowest BCUT2D eigenvalue weighted by atomic mass is 9.81. The predicted molar refractivity (Wildman–Crippen MR) is 88.7 cm³/mol. The fraction of sp³-hybridized carbons (Fsp3) is 0.176. The SMILES string of the molecule is CC1(c2ccccc2)CC(=O)N(c2ccc(S(N)(=O)=O)cc2)C1=O. The summed E-state index contributed by atoms with van der Waals surface area (Å²) >= 11 is 0. The summed E-state index contributed by atoms with van der Waals surface area (Å²) in [5, 5.41) is 5.06. The summed E-state index contributed by atoms with van der Waals surface area (Å²) in [4.78, 5) is 26.3. The van der Waals surface area contributed by atoms with Gasteiger partial charge >= 0.3 is 0 Å². The second kappa shape index (κ2) is 5.54. The quantitative estimate of drug-likeness (QED) is 0.854. The third-order valence-electron chi connectivity index (χ3n) is 4.26. The van der Waals surface area contributed by atoms with Crippen molar-refractivity contribution in [3.8, 4) is 0 Å². The predicted octanol–water partition coefficient (Wildman–Crippen LogP) is 1.56. The molecule has 2 aromatic rings. The van der Waals surface area contributed by atoms with Crippen LogP contribution in [0, 0.1) is 0 Å². The summed E-state index contributed by atoms with van der Waals surface area (Å²) in [5.41, 5.74) is 0.167. The van der Waals surface area contributed by atoms with Gasteiger partial charge < -0.3 is 0 Å². The van der Waals surface area contributed by atoms with Crippen molar-refractivity contribution in [1.82, 2.24) is 0 Å². The summed E-state index contributed by atoms with van der Waals surface area (Å²) in [6, 6.07) is 14.5. The molecule has 1 heterocycles. The summed E-state index contributed by atoms with van der Waals surface area (Å²) < 4.78 is 22.6. The van der Waals surface area contributed by atoms with Gasteiger partial charge in [0.15, 0.2) is 0 Å². The first-order chi connectivity index (χ1) is 11.2. The summed E-state index contributed by atoms with van der Waals surface area (Å²) in [5.74, 6) is -0.656. The van der Waals surface area contributed by atoms with Crippen LogP contribution in [0.3, 0.4) is 0 Å². The van der Waals surface area contributed by atoms with Crippen LogP contribution < -0.4 is 10.0 Å². The van der Waals surface area contributed by atoms with Gasteiger partial charge in [-0.05, 0) is 36.8 Å². The van der Waals surface area contributed by atoms with Gasteiger partial charge in [0, 0.05) is 6.42 Å². The van der Waals surface area contributed by atoms with Gasteiger partial charge in [-0.15, -0.1) is 0 Å². The number of nitrogens with two attached hydrogens (primary N) is 1. The number of hydrogen-bond acceptors (Lipinski definition) is 4. The lowest BCUT2D eigenvalue weighted by Gasteiger charge is -2.22. The van der Waals surface area contributed by atoms with Crippen LogP contribution in [0.15, 0.2) is 59.5 Å². The van der Waals surface area contributed by atoms with E-state index in [-0.39, 0.29) is 23.1 Å². The van der Waals surface area contributed by atoms with Gasteiger partial charge in [-0.1, -0.05) is 30.3 Å². The van der Waals surface area contributed by atoms with E-state index in [2.05, 4.69) is 0 Å². The normalized spacial score (nSPS) is 21.3. The molecule has 0 saturated carbocycles. The molecule has 0 aliphatic carbocycles. The largest absolute Gasteiger partial charge is 0.274 e. The lowest BCUT2D eigenvalue weighted by Crippen LogP contribution is -2.36. The first-order valence-electron chi connectivity index (χ1n) is 7.29. The zero-order chi connectivity index (χ0) is 17.5. The number of anilines is 1. The molecule has 24 heavy (non-hydrogen) atoms. The minimum absolute atomic E-state index is 0.0623. The van der Waals surface area contributed by atoms with Crippen LogP contribution in [0.5, 0.6) is 0 Å². The first kappa shape index (κ1) is 16.4. The van der Waals surface area contributed by atoms with Crippen LogP contribution in [0.4, 0.5) is 5.69 Å². The Kier molecular flexibility index (Phi) is 3.77. The van der Waals surface area contributed by atoms with Crippen molar-refractivity contribution in [3.63, 3.8) is 0 Å². The Morgan fingerprint density at radius 1 is 1.00 bits per heavy atom. The van der Waals surface area contributed by atoms with Gasteiger partial charge in [0.25, 0.3) is 0 Å². The number of benzene rings is 2. The van der Waals surface area contributed by atoms with Gasteiger partial charge in [0.1, 0.15) is 0 Å². The molecule has 1 atom stereocenters. The van der Waals surface area contributed by atoms with E-state index in [0.29, 0.717) is 5.69 Å². The summed E-state index contributed by atoms with van der Waals surface area (Å²) in [6.45, 7) is 1.74. The molecule has 124 valence electrons. The van der Waals surface area contributed by atoms with Crippen LogP contribution in [0.2, 0.25) is 0 Å². The van der Waals surface area contributed by atoms with E-state index in [0.717, 1.165) is 10.5 Å². The van der Waals surface area contributed by atoms with E-state index in [1.807, 2.05) is 30.3 Å². The van der Waals surface area contributed by atoms with Crippen molar-refractivity contribution >= 4 is 27.5 Å². The molecular formula is C17H16N2O4S. The smallest absolute Gasteiger partial charge is 0.244 e. The molecular weight excluding hydrogens is 328 g/mol. The maximum atomic E-state index is 12.9. The highest BCUT2D eigenvalue weighted by Gasteiger charge is 2.49. The number of amides is 2. The van der Waals surface area contributed by atoms with Gasteiger partial charge in [0.05, 0.1) is 16.0 Å². The van der Waals surface area contributed by atoms with E-state index in [1.165, 1.54) is 24.3 Å². The minimum atomic E-state index is -3.82. The van der Waals surface area contributed by atoms with Crippen molar-refractivity contribution < 1.29 is 18.0 Å². The van der Waals surface area contributed by atoms with E-state index in [4.69, 9.17) is 5.14 Å². The number of sulfonamides is 1. The highest BCUT2D eigenvalue weighted by molar-refractivity contribution is 7.89. The molecule has 0 bridgehead atoms. The second-order valence-electron chi connectivity index (χ2n) is 5.95. The molecule has 6 nitrogen and oxygen atoms in total. The van der Waals surface area contributed by atoms with Crippen molar-refractivity contribution in [3.05, 3.63) is 60.2 Å². The van der Waals surface area contributed by atoms with Gasteiger partial charge in [-0.25, -0.2) is 18.5 Å². The molecule has 1 aliphatic heterocycles. The van der Waals surface area contributed by atoms with Crippen molar-refractivity contribution in [1.29, 1.82) is 0 Å². The minimum Gasteiger partial charge on any atom is -0.274 e. The zero-order valence-electron chi connectivity index (χ0n) is 13.0. The van der Waals surface area contributed by atoms with Crippen molar-refractivity contribution in [2.45, 2.75) is 23.7 Å². The number of carbonyl (C=O) groups is 2. The van der Waals surface area contributed by atoms with Crippen LogP contribution >= 0.6 is 0 Å². The maximum absolute atomic E-state index is 12.9. The van der Waals surface area contributed by atoms with E-state index < -0.39 is 15.4 Å². The molecule has 1 fully saturated rings. The van der Waals surface area contributed by atoms with E-state index >= 15 is 0 Å². The molecule has 2 aromatic carbocycles. The maximum Gasteiger partial charge on any atom is 0.244 e. The second-order valence-corrected chi connectivity index (χ2v) is 7.51. The zero-order valence-corrected chi connectivity index (χ0v) is 13.8. The van der Waals surface area contributed by atoms with Crippen molar-refractivity contribution in [2.75, 3.05) is 4.90 Å². The fourth-order valence-electron chi connectivity index (χ4n) is 2.89. The molecule has 1 aliphatic rings. The number of primary sulfonamides is 1. The third-order valence-corrected chi connectivity index (χ3v) is 5.19. The Labute approximate surface area is 139 Å². The molecule has 2 N–H and O–H groups in total. The van der Waals surface area contributed by atoms with E-state index in [9.17, 15) is 18.0 Å². The number of rotatable bonds is 3. The number of nitrogens with zero attached hydrogens (tertiary/aromatic N) is 1. The molecule has 7 heteroatoms. The summed E-state index contributed by atoms with van der Waals surface area (Å²) in [7, 11) is -3.82.